The van der Waals surface area contributed by atoms with Crippen molar-refractivity contribution in [1.82, 2.24) is 20.9 Å². The Kier molecular flexibility index (Phi) is 7.02. The third-order valence-electron chi connectivity index (χ3n) is 4.94. The highest BCUT2D eigenvalue weighted by atomic mass is 19.3. The number of amides is 2. The maximum atomic E-state index is 14.6. The van der Waals surface area contributed by atoms with Crippen molar-refractivity contribution in [1.29, 1.82) is 0 Å². The van der Waals surface area contributed by atoms with Crippen LogP contribution < -0.4 is 20.7 Å². The molecule has 0 bridgehead atoms. The second-order valence-corrected chi connectivity index (χ2v) is 8.52. The summed E-state index contributed by atoms with van der Waals surface area (Å²) in [6.07, 6.45) is 0.576. The van der Waals surface area contributed by atoms with Crippen LogP contribution in [0.2, 0.25) is 0 Å². The van der Waals surface area contributed by atoms with Gasteiger partial charge in [0.05, 0.1) is 0 Å². The molecule has 32 heavy (non-hydrogen) atoms. The van der Waals surface area contributed by atoms with Crippen LogP contribution in [-0.4, -0.2) is 23.4 Å². The summed E-state index contributed by atoms with van der Waals surface area (Å²) in [5, 5.41) is 8.66. The van der Waals surface area contributed by atoms with Crippen LogP contribution in [0, 0.1) is 11.2 Å². The molecule has 0 aliphatic carbocycles. The Balaban J connectivity index is 1.75. The van der Waals surface area contributed by atoms with Crippen molar-refractivity contribution < 1.29 is 27.5 Å². The van der Waals surface area contributed by atoms with E-state index >= 15 is 0 Å². The molecule has 0 saturated carbocycles. The lowest BCUT2D eigenvalue weighted by Gasteiger charge is -2.32. The van der Waals surface area contributed by atoms with Crippen molar-refractivity contribution in [3.05, 3.63) is 59.0 Å². The van der Waals surface area contributed by atoms with Gasteiger partial charge >= 0.3 is 6.61 Å². The van der Waals surface area contributed by atoms with E-state index in [1.54, 1.807) is 32.9 Å². The SMILES string of the molecule is CC(C)(C)C(=O)NCc1ccc(F)c(C2NC(=O)CC(c3ccc(OC(F)F)nc3)N2)c1. The predicted octanol–water partition coefficient (Wildman–Crippen LogP) is 3.33. The fourth-order valence-electron chi connectivity index (χ4n) is 3.22. The number of aromatic nitrogens is 1. The maximum Gasteiger partial charge on any atom is 0.388 e. The Hall–Kier alpha value is -3.14. The molecule has 2 atom stereocenters. The van der Waals surface area contributed by atoms with E-state index in [0.29, 0.717) is 11.1 Å². The zero-order chi connectivity index (χ0) is 23.5. The molecule has 0 spiro atoms. The molecule has 10 heteroatoms. The molecule has 7 nitrogen and oxygen atoms in total. The standard InChI is InChI=1S/C22H25F3N4O3/c1-22(2,3)20(31)27-10-12-4-6-15(23)14(8-12)19-28-16(9-17(30)29-19)13-5-7-18(26-11-13)32-21(24)25/h4-8,11,16,19,21,28H,9-10H2,1-3H3,(H,27,31)(H,29,30). The summed E-state index contributed by atoms with van der Waals surface area (Å²) >= 11 is 0. The zero-order valence-corrected chi connectivity index (χ0v) is 17.9. The first-order chi connectivity index (χ1) is 15.0. The largest absolute Gasteiger partial charge is 0.417 e. The van der Waals surface area contributed by atoms with Gasteiger partial charge in [0, 0.05) is 42.2 Å². The lowest BCUT2D eigenvalue weighted by Crippen LogP contribution is -2.47. The number of nitrogens with zero attached hydrogens (tertiary/aromatic N) is 1. The molecule has 2 heterocycles. The van der Waals surface area contributed by atoms with E-state index in [1.165, 1.54) is 24.4 Å². The number of carbonyl (C=O) groups excluding carboxylic acids is 2. The maximum absolute atomic E-state index is 14.6. The number of benzene rings is 1. The van der Waals surface area contributed by atoms with Crippen LogP contribution in [0.25, 0.3) is 0 Å². The second kappa shape index (κ2) is 9.56. The summed E-state index contributed by atoms with van der Waals surface area (Å²) in [5.41, 5.74) is 0.905. The highest BCUT2D eigenvalue weighted by molar-refractivity contribution is 5.81. The fraction of sp³-hybridized carbons (Fsp3) is 0.409. The summed E-state index contributed by atoms with van der Waals surface area (Å²) in [7, 11) is 0. The van der Waals surface area contributed by atoms with Crippen LogP contribution in [0.15, 0.2) is 36.5 Å². The van der Waals surface area contributed by atoms with Gasteiger partial charge in [-0.1, -0.05) is 32.9 Å². The molecule has 1 aromatic carbocycles. The fourth-order valence-corrected chi connectivity index (χ4v) is 3.22. The van der Waals surface area contributed by atoms with E-state index < -0.39 is 30.1 Å². The number of pyridine rings is 1. The first kappa shape index (κ1) is 23.5. The van der Waals surface area contributed by atoms with Crippen LogP contribution in [0.3, 0.4) is 0 Å². The first-order valence-corrected chi connectivity index (χ1v) is 10.1. The third-order valence-corrected chi connectivity index (χ3v) is 4.94. The minimum Gasteiger partial charge on any atom is -0.417 e. The van der Waals surface area contributed by atoms with Crippen LogP contribution in [0.1, 0.15) is 56.1 Å². The Morgan fingerprint density at radius 3 is 2.66 bits per heavy atom. The van der Waals surface area contributed by atoms with Gasteiger partial charge in [-0.2, -0.15) is 8.78 Å². The highest BCUT2D eigenvalue weighted by Gasteiger charge is 2.30. The van der Waals surface area contributed by atoms with E-state index in [0.717, 1.165) is 0 Å². The van der Waals surface area contributed by atoms with Crippen molar-refractivity contribution in [2.24, 2.45) is 5.41 Å². The molecule has 0 radical (unpaired) electrons. The van der Waals surface area contributed by atoms with Crippen LogP contribution in [0.5, 0.6) is 5.88 Å². The van der Waals surface area contributed by atoms with Crippen LogP contribution >= 0.6 is 0 Å². The number of nitrogens with one attached hydrogen (secondary N) is 3. The van der Waals surface area contributed by atoms with E-state index in [1.807, 2.05) is 0 Å². The summed E-state index contributed by atoms with van der Waals surface area (Å²) in [4.78, 5) is 28.2. The minimum atomic E-state index is -2.99. The number of hydrogen-bond acceptors (Lipinski definition) is 5. The van der Waals surface area contributed by atoms with Crippen LogP contribution in [-0.2, 0) is 16.1 Å². The van der Waals surface area contributed by atoms with Gasteiger partial charge < -0.3 is 15.4 Å². The first-order valence-electron chi connectivity index (χ1n) is 10.1. The van der Waals surface area contributed by atoms with Crippen molar-refractivity contribution >= 4 is 11.8 Å². The van der Waals surface area contributed by atoms with E-state index in [-0.39, 0.29) is 36.2 Å². The van der Waals surface area contributed by atoms with Crippen LogP contribution in [0.4, 0.5) is 13.2 Å². The normalized spacial score (nSPS) is 18.9. The number of alkyl halides is 2. The molecule has 172 valence electrons. The topological polar surface area (TPSA) is 92.4 Å². The quantitative estimate of drug-likeness (QED) is 0.628. The smallest absolute Gasteiger partial charge is 0.388 e. The molecule has 2 amide bonds. The third kappa shape index (κ3) is 5.97. The number of carbonyl (C=O) groups is 2. The molecular formula is C22H25F3N4O3. The van der Waals surface area contributed by atoms with Gasteiger partial charge in [0.2, 0.25) is 17.7 Å². The van der Waals surface area contributed by atoms with Gasteiger partial charge in [0.15, 0.2) is 0 Å². The van der Waals surface area contributed by atoms with Gasteiger partial charge in [-0.05, 0) is 23.3 Å². The van der Waals surface area contributed by atoms with Gasteiger partial charge in [0.25, 0.3) is 0 Å². The minimum absolute atomic E-state index is 0.0657. The Morgan fingerprint density at radius 2 is 2.03 bits per heavy atom. The average molecular weight is 450 g/mol. The summed E-state index contributed by atoms with van der Waals surface area (Å²) in [5.74, 6) is -1.21. The monoisotopic (exact) mass is 450 g/mol. The molecule has 1 aliphatic rings. The van der Waals surface area contributed by atoms with Gasteiger partial charge in [-0.3, -0.25) is 14.9 Å². The van der Waals surface area contributed by atoms with Gasteiger partial charge in [-0.15, -0.1) is 0 Å². The van der Waals surface area contributed by atoms with Gasteiger partial charge in [0.1, 0.15) is 12.0 Å². The number of hydrogen-bond donors (Lipinski definition) is 3. The van der Waals surface area contributed by atoms with Crippen molar-refractivity contribution in [2.45, 2.75) is 52.6 Å². The van der Waals surface area contributed by atoms with Crippen molar-refractivity contribution in [3.8, 4) is 5.88 Å². The molecule has 1 fully saturated rings. The molecule has 3 rings (SSSR count). The summed E-state index contributed by atoms with van der Waals surface area (Å²) in [6, 6.07) is 6.72. The Morgan fingerprint density at radius 1 is 1.28 bits per heavy atom. The lowest BCUT2D eigenvalue weighted by atomic mass is 9.95. The van der Waals surface area contributed by atoms with Gasteiger partial charge in [-0.25, -0.2) is 9.37 Å². The van der Waals surface area contributed by atoms with E-state index in [9.17, 15) is 22.8 Å². The molecular weight excluding hydrogens is 425 g/mol. The number of rotatable bonds is 6. The summed E-state index contributed by atoms with van der Waals surface area (Å²) < 4.78 is 43.4. The molecule has 1 aromatic heterocycles. The average Bonchev–Trinajstić information content (AvgIpc) is 2.72. The molecule has 3 N–H and O–H groups in total. The summed E-state index contributed by atoms with van der Waals surface area (Å²) in [6.45, 7) is 2.60. The molecule has 2 unspecified atom stereocenters. The van der Waals surface area contributed by atoms with E-state index in [2.05, 4.69) is 25.7 Å². The predicted molar refractivity (Wildman–Crippen MR) is 110 cm³/mol. The molecule has 1 aliphatic heterocycles. The number of halogens is 3. The van der Waals surface area contributed by atoms with Crippen molar-refractivity contribution in [3.63, 3.8) is 0 Å². The molecule has 2 aromatic rings. The Bertz CT molecular complexity index is 977. The highest BCUT2D eigenvalue weighted by Crippen LogP contribution is 2.28. The zero-order valence-electron chi connectivity index (χ0n) is 17.9. The number of ether oxygens (including phenoxy) is 1. The van der Waals surface area contributed by atoms with E-state index in [4.69, 9.17) is 0 Å². The lowest BCUT2D eigenvalue weighted by molar-refractivity contribution is -0.128. The van der Waals surface area contributed by atoms with Crippen molar-refractivity contribution in [2.75, 3.05) is 0 Å². The molecule has 1 saturated heterocycles. The second-order valence-electron chi connectivity index (χ2n) is 8.52. The Labute approximate surface area is 183 Å².